The summed E-state index contributed by atoms with van der Waals surface area (Å²) < 4.78 is 26.3. The van der Waals surface area contributed by atoms with E-state index >= 15 is 0 Å². The molecule has 3 aromatic carbocycles. The first kappa shape index (κ1) is 51.7. The third-order valence-corrected chi connectivity index (χ3v) is 10.8. The third-order valence-electron chi connectivity index (χ3n) is 9.82. The Morgan fingerprint density at radius 1 is 0.613 bits per heavy atom. The number of nitrogens with two attached hydrogens (primary N) is 1. The third kappa shape index (κ3) is 16.9. The number of carbonyl (C=O) groups is 3. The number of esters is 3. The van der Waals surface area contributed by atoms with Crippen molar-refractivity contribution in [2.75, 3.05) is 25.6 Å². The van der Waals surface area contributed by atoms with E-state index in [0.717, 1.165) is 25.7 Å². The molecule has 3 saturated carbocycles. The summed E-state index contributed by atoms with van der Waals surface area (Å²) in [5.74, 6) is -0.00140. The fourth-order valence-corrected chi connectivity index (χ4v) is 7.52. The molecule has 0 spiro atoms. The minimum Gasteiger partial charge on any atom is -0.488 e. The van der Waals surface area contributed by atoms with Gasteiger partial charge in [-0.05, 0) is 121 Å². The maximum Gasteiger partial charge on any atom is 0.312 e. The van der Waals surface area contributed by atoms with E-state index in [9.17, 15) is 34.6 Å². The minimum absolute atomic E-state index is 0.0119. The van der Waals surface area contributed by atoms with E-state index in [1.54, 1.807) is 38.1 Å². The first-order valence-electron chi connectivity index (χ1n) is 20.1. The van der Waals surface area contributed by atoms with Gasteiger partial charge in [0.05, 0.1) is 71.4 Å². The Hall–Kier alpha value is -4.61. The Morgan fingerprint density at radius 3 is 1.44 bits per heavy atom. The van der Waals surface area contributed by atoms with Crippen LogP contribution in [0.3, 0.4) is 0 Å². The molecule has 0 radical (unpaired) electrons. The van der Waals surface area contributed by atoms with Crippen molar-refractivity contribution >= 4 is 81.4 Å². The lowest BCUT2D eigenvalue weighted by molar-refractivity contribution is -0.386. The van der Waals surface area contributed by atoms with Crippen LogP contribution < -0.4 is 15.2 Å². The largest absolute Gasteiger partial charge is 0.488 e. The van der Waals surface area contributed by atoms with Gasteiger partial charge in [-0.3, -0.25) is 34.6 Å². The molecule has 6 atom stereocenters. The van der Waals surface area contributed by atoms with Crippen LogP contribution in [0.15, 0.2) is 54.6 Å². The van der Waals surface area contributed by atoms with E-state index in [-0.39, 0.29) is 81.1 Å². The van der Waals surface area contributed by atoms with Crippen LogP contribution >= 0.6 is 46.4 Å². The van der Waals surface area contributed by atoms with Gasteiger partial charge in [-0.2, -0.15) is 0 Å². The zero-order valence-corrected chi connectivity index (χ0v) is 37.5. The zero-order chi connectivity index (χ0) is 45.9. The summed E-state index contributed by atoms with van der Waals surface area (Å²) in [6.45, 7) is 6.58. The van der Waals surface area contributed by atoms with Gasteiger partial charge in [0.1, 0.15) is 10.8 Å². The number of ether oxygens (including phenoxy) is 5. The second kappa shape index (κ2) is 26.1. The lowest BCUT2D eigenvalue weighted by Gasteiger charge is -2.15. The average Bonchev–Trinajstić information content (AvgIpc) is 4.01. The van der Waals surface area contributed by atoms with Crippen LogP contribution in [-0.4, -0.2) is 71.0 Å². The van der Waals surface area contributed by atoms with Crippen molar-refractivity contribution in [3.63, 3.8) is 0 Å². The number of hydrogen-bond acceptors (Lipinski definition) is 14. The van der Waals surface area contributed by atoms with Gasteiger partial charge in [0.15, 0.2) is 5.75 Å². The number of nitro benzene ring substituents is 2. The molecule has 3 fully saturated rings. The number of nitrogen functional groups attached to an aromatic ring is 1. The molecule has 0 aliphatic heterocycles. The van der Waals surface area contributed by atoms with Crippen LogP contribution in [0, 0.1) is 38.0 Å². The minimum atomic E-state index is -0.575. The van der Waals surface area contributed by atoms with Gasteiger partial charge in [0, 0.05) is 27.2 Å². The normalized spacial score (nSPS) is 21.0. The van der Waals surface area contributed by atoms with Gasteiger partial charge >= 0.3 is 23.6 Å². The fourth-order valence-electron chi connectivity index (χ4n) is 6.82. The van der Waals surface area contributed by atoms with Gasteiger partial charge in [0.2, 0.25) is 0 Å². The first-order chi connectivity index (χ1) is 29.4. The van der Waals surface area contributed by atoms with E-state index in [1.807, 2.05) is 6.92 Å². The van der Waals surface area contributed by atoms with Crippen molar-refractivity contribution in [1.82, 2.24) is 0 Å². The molecule has 3 aliphatic rings. The second-order valence-corrected chi connectivity index (χ2v) is 16.0. The summed E-state index contributed by atoms with van der Waals surface area (Å²) in [5, 5.41) is 31.6. The van der Waals surface area contributed by atoms with E-state index in [4.69, 9.17) is 80.9 Å². The summed E-state index contributed by atoms with van der Waals surface area (Å²) in [6.07, 6.45) is 5.78. The number of carbonyl (C=O) groups excluding carboxylic acids is 3. The molecule has 0 bridgehead atoms. The lowest BCUT2D eigenvalue weighted by atomic mass is 10.1. The highest BCUT2D eigenvalue weighted by molar-refractivity contribution is 6.34. The maximum atomic E-state index is 11.7. The van der Waals surface area contributed by atoms with Crippen LogP contribution in [0.4, 0.5) is 17.1 Å². The second-order valence-electron chi connectivity index (χ2n) is 14.3. The Bertz CT molecular complexity index is 1990. The molecule has 340 valence electrons. The Morgan fingerprint density at radius 2 is 1.02 bits per heavy atom. The summed E-state index contributed by atoms with van der Waals surface area (Å²) in [6, 6.07) is 13.5. The van der Waals surface area contributed by atoms with E-state index in [2.05, 4.69) is 0 Å². The number of aliphatic hydroxyl groups is 1. The molecule has 0 saturated heterocycles. The molecule has 16 nitrogen and oxygen atoms in total. The predicted octanol–water partition coefficient (Wildman–Crippen LogP) is 10.0. The number of nitro groups is 2. The Labute approximate surface area is 379 Å². The van der Waals surface area contributed by atoms with E-state index in [1.165, 1.54) is 30.3 Å². The number of halogens is 4. The van der Waals surface area contributed by atoms with Crippen molar-refractivity contribution < 1.29 is 53.0 Å². The van der Waals surface area contributed by atoms with Crippen LogP contribution in [0.5, 0.6) is 11.5 Å². The molecule has 62 heavy (non-hydrogen) atoms. The fraction of sp³-hybridized carbons (Fsp3) is 0.500. The Balaban J connectivity index is 0.000000229. The van der Waals surface area contributed by atoms with Crippen LogP contribution in [-0.2, 0) is 28.6 Å². The zero-order valence-electron chi connectivity index (χ0n) is 34.5. The molecule has 3 aromatic rings. The van der Waals surface area contributed by atoms with Crippen LogP contribution in [0.2, 0.25) is 20.1 Å². The first-order valence-corrected chi connectivity index (χ1v) is 21.6. The SMILES string of the molecule is CCOC(=O)C1CCC(O)C1.CCOC(=O)C1CCC(Oc2ccc(Cl)cc2N)C1.CCOC(=O)C1CCC(Oc2ccc(Cl)cc2[N+](=O)[O-])C1.O=[N+]([O-])c1cc(Cl)ccc1Cl. The molecule has 0 heterocycles. The number of benzene rings is 3. The summed E-state index contributed by atoms with van der Waals surface area (Å²) in [7, 11) is 0. The van der Waals surface area contributed by atoms with Crippen LogP contribution in [0.1, 0.15) is 78.6 Å². The van der Waals surface area contributed by atoms with E-state index < -0.39 is 9.85 Å². The average molecular weight is 948 g/mol. The number of aliphatic hydroxyl groups excluding tert-OH is 1. The maximum absolute atomic E-state index is 11.7. The predicted molar refractivity (Wildman–Crippen MR) is 234 cm³/mol. The molecule has 3 N–H and O–H groups in total. The van der Waals surface area contributed by atoms with Gasteiger partial charge < -0.3 is 34.5 Å². The monoisotopic (exact) mass is 945 g/mol. The quantitative estimate of drug-likeness (QED) is 0.0566. The molecule has 0 aromatic heterocycles. The van der Waals surface area contributed by atoms with Crippen molar-refractivity contribution in [2.45, 2.75) is 96.9 Å². The molecule has 20 heteroatoms. The standard InChI is InChI=1S/C14H16ClNO5.C14H18ClNO3.C8H14O3.C6H3Cl2NO2/c1-2-20-14(17)9-3-5-11(7-9)21-13-6-4-10(15)8-12(13)16(18)19;1-2-18-14(17)9-3-5-11(7-9)19-13-6-4-10(15)8-12(13)16;1-2-11-8(10)6-3-4-7(9)5-6;7-4-1-2-5(8)6(3-4)9(10)11/h4,6,8-9,11H,2-3,5,7H2,1H3;4,6,8-9,11H,2-3,5,7,16H2,1H3;6-7,9H,2-5H2,1H3;1-3H. The highest BCUT2D eigenvalue weighted by Crippen LogP contribution is 2.36. The van der Waals surface area contributed by atoms with E-state index in [0.29, 0.717) is 73.4 Å². The van der Waals surface area contributed by atoms with Gasteiger partial charge in [0.25, 0.3) is 5.69 Å². The highest BCUT2D eigenvalue weighted by atomic mass is 35.5. The van der Waals surface area contributed by atoms with Crippen LogP contribution in [0.25, 0.3) is 0 Å². The molecule has 0 amide bonds. The number of nitrogens with zero attached hydrogens (tertiary/aromatic N) is 2. The molecule has 6 unspecified atom stereocenters. The highest BCUT2D eigenvalue weighted by Gasteiger charge is 2.34. The van der Waals surface area contributed by atoms with Crippen molar-refractivity contribution in [3.05, 3.63) is 94.9 Å². The van der Waals surface area contributed by atoms with Crippen molar-refractivity contribution in [2.24, 2.45) is 17.8 Å². The van der Waals surface area contributed by atoms with Gasteiger partial charge in [-0.25, -0.2) is 0 Å². The molecule has 6 rings (SSSR count). The lowest BCUT2D eigenvalue weighted by Crippen LogP contribution is -2.18. The topological polar surface area (TPSA) is 230 Å². The number of hydrogen-bond donors (Lipinski definition) is 2. The number of anilines is 1. The van der Waals surface area contributed by atoms with Crippen molar-refractivity contribution in [3.8, 4) is 11.5 Å². The summed E-state index contributed by atoms with van der Waals surface area (Å²) in [4.78, 5) is 54.5. The van der Waals surface area contributed by atoms with Gasteiger partial charge in [-0.1, -0.05) is 46.4 Å². The summed E-state index contributed by atoms with van der Waals surface area (Å²) >= 11 is 22.6. The smallest absolute Gasteiger partial charge is 0.312 e. The van der Waals surface area contributed by atoms with Crippen molar-refractivity contribution in [1.29, 1.82) is 0 Å². The molecular formula is C42H51Cl4N3O13. The molecular weight excluding hydrogens is 896 g/mol. The summed E-state index contributed by atoms with van der Waals surface area (Å²) in [5.41, 5.74) is 6.03. The molecule has 3 aliphatic carbocycles. The number of rotatable bonds is 12. The van der Waals surface area contributed by atoms with Gasteiger partial charge in [-0.15, -0.1) is 0 Å². The Kier molecular flexibility index (Phi) is 21.8.